The van der Waals surface area contributed by atoms with Crippen LogP contribution in [0.1, 0.15) is 33.1 Å². The van der Waals surface area contributed by atoms with Crippen molar-refractivity contribution in [3.05, 3.63) is 0 Å². The van der Waals surface area contributed by atoms with Crippen molar-refractivity contribution in [3.8, 4) is 0 Å². The molecule has 0 aromatic carbocycles. The molecular weight excluding hydrogens is 206 g/mol. The molecule has 0 rings (SSSR count). The first kappa shape index (κ1) is 15.7. The maximum absolute atomic E-state index is 10.8. The van der Waals surface area contributed by atoms with Gasteiger partial charge in [-0.15, -0.1) is 12.4 Å². The van der Waals surface area contributed by atoms with Crippen molar-refractivity contribution in [2.24, 2.45) is 0 Å². The summed E-state index contributed by atoms with van der Waals surface area (Å²) in [6, 6.07) is 0. The van der Waals surface area contributed by atoms with Crippen molar-refractivity contribution in [1.82, 2.24) is 0 Å². The summed E-state index contributed by atoms with van der Waals surface area (Å²) in [5.41, 5.74) is 0. The fraction of sp³-hybridized carbons (Fsp3) is 0.778. The Morgan fingerprint density at radius 3 is 2.21 bits per heavy atom. The number of carbonyl (C=O) groups excluding carboxylic acids is 1. The Hall–Kier alpha value is -0.770. The summed E-state index contributed by atoms with van der Waals surface area (Å²) in [5, 5.41) is 7.26. The Labute approximate surface area is 90.9 Å². The third kappa shape index (κ3) is 9.32. The van der Waals surface area contributed by atoms with Gasteiger partial charge in [0.05, 0.1) is 13.2 Å². The van der Waals surface area contributed by atoms with Gasteiger partial charge in [0.2, 0.25) is 0 Å². The molecule has 0 aliphatic carbocycles. The van der Waals surface area contributed by atoms with E-state index in [-0.39, 0.29) is 24.3 Å². The standard InChI is InChI=1S/C9H17NO3.ClH/c1-3-12-8(10)6-5-7-9(11)13-4-2;/h10H,3-7H2,1-2H3;1H. The molecule has 84 valence electrons. The number of nitrogens with one attached hydrogen (secondary N) is 1. The van der Waals surface area contributed by atoms with Crippen LogP contribution in [0.25, 0.3) is 0 Å². The normalized spacial score (nSPS) is 8.71. The molecule has 14 heavy (non-hydrogen) atoms. The van der Waals surface area contributed by atoms with Crippen LogP contribution in [0.5, 0.6) is 0 Å². The van der Waals surface area contributed by atoms with Crippen LogP contribution >= 0.6 is 12.4 Å². The molecule has 0 aromatic rings. The summed E-state index contributed by atoms with van der Waals surface area (Å²) in [7, 11) is 0. The number of hydrogen-bond donors (Lipinski definition) is 1. The minimum atomic E-state index is -0.202. The van der Waals surface area contributed by atoms with E-state index in [1.807, 2.05) is 6.92 Å². The van der Waals surface area contributed by atoms with Gasteiger partial charge in [0.15, 0.2) is 5.90 Å². The maximum atomic E-state index is 10.8. The summed E-state index contributed by atoms with van der Waals surface area (Å²) in [6.07, 6.45) is 1.49. The summed E-state index contributed by atoms with van der Waals surface area (Å²) in [4.78, 5) is 10.8. The van der Waals surface area contributed by atoms with Crippen LogP contribution in [-0.4, -0.2) is 25.1 Å². The molecule has 0 amide bonds. The second kappa shape index (κ2) is 10.3. The summed E-state index contributed by atoms with van der Waals surface area (Å²) < 4.78 is 9.65. The number of ether oxygens (including phenoxy) is 2. The Morgan fingerprint density at radius 1 is 1.14 bits per heavy atom. The van der Waals surface area contributed by atoms with Crippen molar-refractivity contribution in [2.45, 2.75) is 33.1 Å². The van der Waals surface area contributed by atoms with Crippen LogP contribution < -0.4 is 0 Å². The molecule has 4 nitrogen and oxygen atoms in total. The molecule has 0 aliphatic heterocycles. The first-order chi connectivity index (χ1) is 6.20. The van der Waals surface area contributed by atoms with Crippen molar-refractivity contribution in [2.75, 3.05) is 13.2 Å². The molecule has 0 aliphatic rings. The average molecular weight is 224 g/mol. The van der Waals surface area contributed by atoms with Crippen LogP contribution in [0.15, 0.2) is 0 Å². The molecule has 0 fully saturated rings. The SMILES string of the molecule is CCOC(=N)CCCC(=O)OCC.Cl. The first-order valence-electron chi connectivity index (χ1n) is 4.56. The number of rotatable bonds is 6. The highest BCUT2D eigenvalue weighted by Crippen LogP contribution is 1.99. The van der Waals surface area contributed by atoms with Crippen molar-refractivity contribution >= 4 is 24.3 Å². The molecule has 0 radical (unpaired) electrons. The highest BCUT2D eigenvalue weighted by molar-refractivity contribution is 5.85. The number of esters is 1. The van der Waals surface area contributed by atoms with Gasteiger partial charge in [-0.1, -0.05) is 0 Å². The Kier molecular flexibility index (Phi) is 11.6. The predicted molar refractivity (Wildman–Crippen MR) is 57.1 cm³/mol. The lowest BCUT2D eigenvalue weighted by Crippen LogP contribution is -2.07. The number of carbonyl (C=O) groups is 1. The lowest BCUT2D eigenvalue weighted by atomic mass is 10.2. The molecule has 0 aromatic heterocycles. The molecule has 0 unspecified atom stereocenters. The number of halogens is 1. The van der Waals surface area contributed by atoms with Gasteiger partial charge in [0, 0.05) is 12.8 Å². The monoisotopic (exact) mass is 223 g/mol. The van der Waals surface area contributed by atoms with Gasteiger partial charge >= 0.3 is 5.97 Å². The molecule has 5 heteroatoms. The second-order valence-electron chi connectivity index (χ2n) is 2.51. The van der Waals surface area contributed by atoms with Gasteiger partial charge in [0.25, 0.3) is 0 Å². The predicted octanol–water partition coefficient (Wildman–Crippen LogP) is 2.16. The molecule has 0 spiro atoms. The highest BCUT2D eigenvalue weighted by atomic mass is 35.5. The third-order valence-electron chi connectivity index (χ3n) is 1.41. The minimum Gasteiger partial charge on any atom is -0.481 e. The Bertz CT molecular complexity index is 155. The van der Waals surface area contributed by atoms with Crippen LogP contribution in [0.2, 0.25) is 0 Å². The van der Waals surface area contributed by atoms with E-state index in [1.54, 1.807) is 6.92 Å². The van der Waals surface area contributed by atoms with E-state index in [4.69, 9.17) is 14.9 Å². The molecule has 0 bridgehead atoms. The fourth-order valence-corrected chi connectivity index (χ4v) is 0.873. The lowest BCUT2D eigenvalue weighted by molar-refractivity contribution is -0.143. The van der Waals surface area contributed by atoms with E-state index in [2.05, 4.69) is 0 Å². The van der Waals surface area contributed by atoms with Crippen LogP contribution in [0.4, 0.5) is 0 Å². The van der Waals surface area contributed by atoms with E-state index in [0.29, 0.717) is 32.5 Å². The van der Waals surface area contributed by atoms with E-state index < -0.39 is 0 Å². The smallest absolute Gasteiger partial charge is 0.305 e. The van der Waals surface area contributed by atoms with Crippen molar-refractivity contribution < 1.29 is 14.3 Å². The van der Waals surface area contributed by atoms with Crippen LogP contribution in [0.3, 0.4) is 0 Å². The van der Waals surface area contributed by atoms with Gasteiger partial charge < -0.3 is 9.47 Å². The van der Waals surface area contributed by atoms with Crippen molar-refractivity contribution in [1.29, 1.82) is 5.41 Å². The molecule has 0 heterocycles. The van der Waals surface area contributed by atoms with Crippen LogP contribution in [0, 0.1) is 5.41 Å². The van der Waals surface area contributed by atoms with E-state index in [9.17, 15) is 4.79 Å². The topological polar surface area (TPSA) is 59.4 Å². The number of hydrogen-bond acceptors (Lipinski definition) is 4. The summed E-state index contributed by atoms with van der Waals surface area (Å²) >= 11 is 0. The van der Waals surface area contributed by atoms with E-state index in [0.717, 1.165) is 0 Å². The fourth-order valence-electron chi connectivity index (χ4n) is 0.873. The lowest BCUT2D eigenvalue weighted by Gasteiger charge is -2.04. The van der Waals surface area contributed by atoms with Gasteiger partial charge in [-0.05, 0) is 20.3 Å². The second-order valence-corrected chi connectivity index (χ2v) is 2.51. The van der Waals surface area contributed by atoms with E-state index >= 15 is 0 Å². The van der Waals surface area contributed by atoms with Gasteiger partial charge in [-0.25, -0.2) is 0 Å². The molecule has 0 saturated heterocycles. The Balaban J connectivity index is 0. The quantitative estimate of drug-likeness (QED) is 0.427. The highest BCUT2D eigenvalue weighted by Gasteiger charge is 2.03. The molecule has 0 saturated carbocycles. The van der Waals surface area contributed by atoms with E-state index in [1.165, 1.54) is 0 Å². The van der Waals surface area contributed by atoms with Gasteiger partial charge in [-0.2, -0.15) is 0 Å². The summed E-state index contributed by atoms with van der Waals surface area (Å²) in [5.74, 6) is 0.0404. The largest absolute Gasteiger partial charge is 0.481 e. The zero-order valence-corrected chi connectivity index (χ0v) is 9.49. The van der Waals surface area contributed by atoms with Crippen molar-refractivity contribution in [3.63, 3.8) is 0 Å². The zero-order valence-electron chi connectivity index (χ0n) is 8.67. The molecular formula is C9H18ClNO3. The van der Waals surface area contributed by atoms with Gasteiger partial charge in [-0.3, -0.25) is 10.2 Å². The maximum Gasteiger partial charge on any atom is 0.305 e. The van der Waals surface area contributed by atoms with Gasteiger partial charge in [0.1, 0.15) is 0 Å². The third-order valence-corrected chi connectivity index (χ3v) is 1.41. The minimum absolute atomic E-state index is 0. The Morgan fingerprint density at radius 2 is 1.71 bits per heavy atom. The summed E-state index contributed by atoms with van der Waals surface area (Å²) in [6.45, 7) is 4.54. The van der Waals surface area contributed by atoms with Crippen LogP contribution in [-0.2, 0) is 14.3 Å². The zero-order chi connectivity index (χ0) is 10.1. The first-order valence-corrected chi connectivity index (χ1v) is 4.56. The average Bonchev–Trinajstić information content (AvgIpc) is 2.05. The molecule has 1 N–H and O–H groups in total. The molecule has 0 atom stereocenters.